The number of alkyl halides is 2. The molecule has 2 amide bonds. The SMILES string of the molecule is CC1(NC(=O)N2CC3(CCCO3)C2)CCCC1(F)F. The average Bonchev–Trinajstić information content (AvgIpc) is 2.83. The van der Waals surface area contributed by atoms with Gasteiger partial charge in [0.1, 0.15) is 11.1 Å². The van der Waals surface area contributed by atoms with Crippen LogP contribution in [-0.4, -0.2) is 47.7 Å². The largest absolute Gasteiger partial charge is 0.371 e. The second-order valence-corrected chi connectivity index (χ2v) is 6.31. The van der Waals surface area contributed by atoms with Crippen LogP contribution in [0, 0.1) is 0 Å². The molecule has 108 valence electrons. The first kappa shape index (κ1) is 13.1. The number of hydrogen-bond acceptors (Lipinski definition) is 2. The van der Waals surface area contributed by atoms with Gasteiger partial charge in [0.05, 0.1) is 13.1 Å². The van der Waals surface area contributed by atoms with Crippen LogP contribution in [0.1, 0.15) is 39.0 Å². The molecule has 2 aliphatic heterocycles. The van der Waals surface area contributed by atoms with E-state index in [1.54, 1.807) is 4.90 Å². The summed E-state index contributed by atoms with van der Waals surface area (Å²) < 4.78 is 33.2. The smallest absolute Gasteiger partial charge is 0.318 e. The lowest BCUT2D eigenvalue weighted by molar-refractivity contribution is -0.0968. The van der Waals surface area contributed by atoms with E-state index in [0.29, 0.717) is 25.9 Å². The Balaban J connectivity index is 1.58. The number of carbonyl (C=O) groups excluding carboxylic acids is 1. The van der Waals surface area contributed by atoms with Gasteiger partial charge in [-0.15, -0.1) is 0 Å². The molecule has 2 saturated heterocycles. The Bertz CT molecular complexity index is 388. The highest BCUT2D eigenvalue weighted by atomic mass is 19.3. The fourth-order valence-electron chi connectivity index (χ4n) is 3.39. The van der Waals surface area contributed by atoms with Crippen LogP contribution in [0.4, 0.5) is 13.6 Å². The molecule has 1 aliphatic carbocycles. The molecule has 0 aromatic rings. The van der Waals surface area contributed by atoms with Crippen molar-refractivity contribution in [1.82, 2.24) is 10.2 Å². The molecule has 0 radical (unpaired) electrons. The molecule has 1 N–H and O–H groups in total. The van der Waals surface area contributed by atoms with E-state index in [-0.39, 0.29) is 18.1 Å². The van der Waals surface area contributed by atoms with E-state index in [9.17, 15) is 13.6 Å². The quantitative estimate of drug-likeness (QED) is 0.796. The monoisotopic (exact) mass is 274 g/mol. The number of hydrogen-bond donors (Lipinski definition) is 1. The van der Waals surface area contributed by atoms with Gasteiger partial charge in [-0.2, -0.15) is 0 Å². The fourth-order valence-corrected chi connectivity index (χ4v) is 3.39. The highest BCUT2D eigenvalue weighted by Crippen LogP contribution is 2.44. The van der Waals surface area contributed by atoms with Crippen molar-refractivity contribution >= 4 is 6.03 Å². The summed E-state index contributed by atoms with van der Waals surface area (Å²) >= 11 is 0. The Hall–Kier alpha value is -0.910. The Morgan fingerprint density at radius 1 is 1.21 bits per heavy atom. The fraction of sp³-hybridized carbons (Fsp3) is 0.923. The first-order valence-electron chi connectivity index (χ1n) is 6.95. The minimum Gasteiger partial charge on any atom is -0.371 e. The molecular weight excluding hydrogens is 254 g/mol. The predicted octanol–water partition coefficient (Wildman–Crippen LogP) is 2.14. The molecule has 0 bridgehead atoms. The van der Waals surface area contributed by atoms with Crippen LogP contribution in [0.2, 0.25) is 0 Å². The molecule has 1 saturated carbocycles. The van der Waals surface area contributed by atoms with Crippen LogP contribution in [-0.2, 0) is 4.74 Å². The molecule has 4 nitrogen and oxygen atoms in total. The normalized spacial score (nSPS) is 35.4. The minimum absolute atomic E-state index is 0.142. The zero-order valence-electron chi connectivity index (χ0n) is 11.2. The second kappa shape index (κ2) is 4.04. The Morgan fingerprint density at radius 2 is 1.95 bits per heavy atom. The highest BCUT2D eigenvalue weighted by molar-refractivity contribution is 5.76. The number of nitrogens with one attached hydrogen (secondary N) is 1. The molecule has 1 atom stereocenters. The lowest BCUT2D eigenvalue weighted by atomic mass is 9.91. The number of halogens is 2. The van der Waals surface area contributed by atoms with Crippen molar-refractivity contribution in [3.63, 3.8) is 0 Å². The predicted molar refractivity (Wildman–Crippen MR) is 65.2 cm³/mol. The number of amides is 2. The van der Waals surface area contributed by atoms with Gasteiger partial charge in [0.25, 0.3) is 5.92 Å². The van der Waals surface area contributed by atoms with Crippen LogP contribution in [0.15, 0.2) is 0 Å². The summed E-state index contributed by atoms with van der Waals surface area (Å²) in [5.74, 6) is -2.81. The maximum Gasteiger partial charge on any atom is 0.318 e. The third-order valence-corrected chi connectivity index (χ3v) is 4.79. The Kier molecular flexibility index (Phi) is 2.78. The van der Waals surface area contributed by atoms with E-state index in [0.717, 1.165) is 19.4 Å². The van der Waals surface area contributed by atoms with Crippen molar-refractivity contribution in [3.05, 3.63) is 0 Å². The van der Waals surface area contributed by atoms with Crippen LogP contribution in [0.25, 0.3) is 0 Å². The number of carbonyl (C=O) groups is 1. The molecule has 0 aromatic heterocycles. The van der Waals surface area contributed by atoms with Crippen molar-refractivity contribution in [2.75, 3.05) is 19.7 Å². The number of ether oxygens (including phenoxy) is 1. The summed E-state index contributed by atoms with van der Waals surface area (Å²) in [6, 6.07) is -0.384. The van der Waals surface area contributed by atoms with Gasteiger partial charge in [-0.1, -0.05) is 0 Å². The summed E-state index contributed by atoms with van der Waals surface area (Å²) in [6.45, 7) is 3.24. The number of likely N-dealkylation sites (tertiary alicyclic amines) is 1. The molecular formula is C13H20F2N2O2. The minimum atomic E-state index is -2.81. The van der Waals surface area contributed by atoms with Crippen molar-refractivity contribution in [2.24, 2.45) is 0 Å². The summed E-state index contributed by atoms with van der Waals surface area (Å²) in [5, 5.41) is 2.54. The van der Waals surface area contributed by atoms with E-state index >= 15 is 0 Å². The van der Waals surface area contributed by atoms with Crippen molar-refractivity contribution in [2.45, 2.75) is 56.1 Å². The third-order valence-electron chi connectivity index (χ3n) is 4.79. The Morgan fingerprint density at radius 3 is 2.47 bits per heavy atom. The molecule has 1 spiro atoms. The van der Waals surface area contributed by atoms with E-state index in [1.807, 2.05) is 0 Å². The summed E-state index contributed by atoms with van der Waals surface area (Å²) in [7, 11) is 0. The van der Waals surface area contributed by atoms with Crippen molar-refractivity contribution in [1.29, 1.82) is 0 Å². The molecule has 2 heterocycles. The van der Waals surface area contributed by atoms with Crippen molar-refractivity contribution in [3.8, 4) is 0 Å². The summed E-state index contributed by atoms with van der Waals surface area (Å²) in [5.41, 5.74) is -1.58. The molecule has 1 unspecified atom stereocenters. The first-order valence-corrected chi connectivity index (χ1v) is 6.95. The van der Waals surface area contributed by atoms with Crippen LogP contribution >= 0.6 is 0 Å². The van der Waals surface area contributed by atoms with Crippen LogP contribution in [0.3, 0.4) is 0 Å². The molecule has 6 heteroatoms. The number of urea groups is 1. The Labute approximate surface area is 111 Å². The molecule has 3 aliphatic rings. The van der Waals surface area contributed by atoms with E-state index in [4.69, 9.17) is 4.74 Å². The first-order chi connectivity index (χ1) is 8.86. The second-order valence-electron chi connectivity index (χ2n) is 6.31. The molecule has 19 heavy (non-hydrogen) atoms. The number of rotatable bonds is 1. The van der Waals surface area contributed by atoms with Gasteiger partial charge in [0.15, 0.2) is 0 Å². The van der Waals surface area contributed by atoms with E-state index < -0.39 is 11.5 Å². The summed E-state index contributed by atoms with van der Waals surface area (Å²) in [6.07, 6.45) is 2.63. The zero-order chi connectivity index (χ0) is 13.7. The average molecular weight is 274 g/mol. The van der Waals surface area contributed by atoms with Gasteiger partial charge < -0.3 is 15.0 Å². The topological polar surface area (TPSA) is 41.6 Å². The molecule has 0 aromatic carbocycles. The molecule has 3 rings (SSSR count). The van der Waals surface area contributed by atoms with Crippen molar-refractivity contribution < 1.29 is 18.3 Å². The lowest BCUT2D eigenvalue weighted by Gasteiger charge is -2.48. The lowest BCUT2D eigenvalue weighted by Crippen LogP contribution is -2.68. The van der Waals surface area contributed by atoms with Gasteiger partial charge in [0, 0.05) is 13.0 Å². The maximum absolute atomic E-state index is 13.8. The third kappa shape index (κ3) is 2.00. The van der Waals surface area contributed by atoms with E-state index in [2.05, 4.69) is 5.32 Å². The van der Waals surface area contributed by atoms with Gasteiger partial charge in [-0.3, -0.25) is 0 Å². The standard InChI is InChI=1S/C13H20F2N2O2/c1-11(4-2-6-13(11,14)15)16-10(18)17-8-12(9-17)5-3-7-19-12/h2-9H2,1H3,(H,16,18). The zero-order valence-corrected chi connectivity index (χ0v) is 11.2. The van der Waals surface area contributed by atoms with E-state index in [1.165, 1.54) is 6.92 Å². The van der Waals surface area contributed by atoms with Gasteiger partial charge >= 0.3 is 6.03 Å². The summed E-state index contributed by atoms with van der Waals surface area (Å²) in [4.78, 5) is 13.6. The maximum atomic E-state index is 13.8. The number of nitrogens with zero attached hydrogens (tertiary/aromatic N) is 1. The van der Waals surface area contributed by atoms with Crippen LogP contribution < -0.4 is 5.32 Å². The molecule has 3 fully saturated rings. The van der Waals surface area contributed by atoms with Gasteiger partial charge in [0.2, 0.25) is 0 Å². The van der Waals surface area contributed by atoms with Crippen LogP contribution in [0.5, 0.6) is 0 Å². The van der Waals surface area contributed by atoms with Gasteiger partial charge in [-0.25, -0.2) is 13.6 Å². The van der Waals surface area contributed by atoms with Gasteiger partial charge in [-0.05, 0) is 32.6 Å². The highest BCUT2D eigenvalue weighted by Gasteiger charge is 2.56.